The first-order valence-electron chi connectivity index (χ1n) is 18.4. The Bertz CT molecular complexity index is 1170. The van der Waals surface area contributed by atoms with Crippen molar-refractivity contribution in [3.05, 3.63) is 0 Å². The summed E-state index contributed by atoms with van der Waals surface area (Å²) in [6.07, 6.45) is -15.1. The molecule has 0 bridgehead atoms. The SMILES string of the molecule is CO[C@@H]1[C@@H](O)[C@H](C)O[C@H](O[C@@H]2[C@@H](C)O[C@@H](O[C@H]3[C@H](O)C[C@H](O[C@H]4[C@H](O)C[C@H](O[C@@H]5[C@@H](C)OC(=O)C[C@H]5OC)O[C@@H]4C)O[C@@H]3C)C[C@H]2OC)[C@H]1OC(C)=O. The molecule has 0 radical (unpaired) electrons. The first kappa shape index (κ1) is 42.5. The molecule has 5 aliphatic rings. The van der Waals surface area contributed by atoms with Crippen LogP contribution in [0.15, 0.2) is 0 Å². The number of carbonyl (C=O) groups is 2. The number of aliphatic hydroxyl groups is 3. The van der Waals surface area contributed by atoms with Gasteiger partial charge in [0.15, 0.2) is 31.3 Å². The van der Waals surface area contributed by atoms with E-state index in [9.17, 15) is 24.9 Å². The van der Waals surface area contributed by atoms with Gasteiger partial charge in [0.05, 0.1) is 55.3 Å². The number of hydrogen-bond donors (Lipinski definition) is 3. The fourth-order valence-corrected chi connectivity index (χ4v) is 7.81. The Morgan fingerprint density at radius 3 is 1.57 bits per heavy atom. The molecule has 5 fully saturated rings. The minimum atomic E-state index is -1.08. The number of esters is 2. The highest BCUT2D eigenvalue weighted by atomic mass is 16.8. The van der Waals surface area contributed by atoms with Gasteiger partial charge in [0, 0.05) is 47.5 Å². The van der Waals surface area contributed by atoms with Crippen LogP contribution < -0.4 is 0 Å². The van der Waals surface area contributed by atoms with Crippen molar-refractivity contribution in [2.45, 2.75) is 190 Å². The van der Waals surface area contributed by atoms with E-state index in [-0.39, 0.29) is 31.7 Å². The lowest BCUT2D eigenvalue weighted by molar-refractivity contribution is -0.355. The van der Waals surface area contributed by atoms with Crippen molar-refractivity contribution in [3.63, 3.8) is 0 Å². The van der Waals surface area contributed by atoms with Crippen LogP contribution in [-0.2, 0) is 71.2 Å². The van der Waals surface area contributed by atoms with Crippen molar-refractivity contribution in [3.8, 4) is 0 Å². The molecule has 0 amide bonds. The Morgan fingerprint density at radius 2 is 1.08 bits per heavy atom. The topological polar surface area (TPSA) is 215 Å². The minimum Gasteiger partial charge on any atom is -0.460 e. The van der Waals surface area contributed by atoms with Crippen molar-refractivity contribution >= 4 is 11.9 Å². The van der Waals surface area contributed by atoms with Gasteiger partial charge in [0.1, 0.15) is 42.7 Å². The number of cyclic esters (lactones) is 1. The molecule has 0 unspecified atom stereocenters. The number of carbonyl (C=O) groups excluding carboxylic acids is 2. The molecule has 18 heteroatoms. The Labute approximate surface area is 309 Å². The number of methoxy groups -OCH3 is 3. The Balaban J connectivity index is 1.13. The second-order valence-corrected chi connectivity index (χ2v) is 14.5. The van der Waals surface area contributed by atoms with Gasteiger partial charge in [-0.25, -0.2) is 0 Å². The highest BCUT2D eigenvalue weighted by molar-refractivity contribution is 5.71. The first-order chi connectivity index (χ1) is 25.1. The van der Waals surface area contributed by atoms with E-state index in [2.05, 4.69) is 0 Å². The third kappa shape index (κ3) is 10.0. The van der Waals surface area contributed by atoms with E-state index in [0.29, 0.717) is 0 Å². The first-order valence-corrected chi connectivity index (χ1v) is 18.4. The highest BCUT2D eigenvalue weighted by Crippen LogP contribution is 2.35. The zero-order chi connectivity index (χ0) is 38.7. The summed E-state index contributed by atoms with van der Waals surface area (Å²) in [5.41, 5.74) is 0. The summed E-state index contributed by atoms with van der Waals surface area (Å²) < 4.78 is 76.6. The lowest BCUT2D eigenvalue weighted by atomic mass is 9.97. The van der Waals surface area contributed by atoms with E-state index in [4.69, 9.17) is 61.6 Å². The molecule has 20 atom stereocenters. The Hall–Kier alpha value is -1.62. The van der Waals surface area contributed by atoms with E-state index < -0.39 is 129 Å². The number of aliphatic hydroxyl groups excluding tert-OH is 3. The monoisotopic (exact) mass is 766 g/mol. The molecule has 0 aromatic heterocycles. The van der Waals surface area contributed by atoms with Gasteiger partial charge in [-0.3, -0.25) is 9.59 Å². The van der Waals surface area contributed by atoms with Crippen molar-refractivity contribution in [2.75, 3.05) is 21.3 Å². The van der Waals surface area contributed by atoms with Crippen LogP contribution in [-0.4, -0.2) is 171 Å². The van der Waals surface area contributed by atoms with E-state index in [1.165, 1.54) is 28.3 Å². The molecule has 0 aromatic rings. The smallest absolute Gasteiger partial charge is 0.308 e. The van der Waals surface area contributed by atoms with Crippen molar-refractivity contribution in [2.24, 2.45) is 0 Å². The zero-order valence-corrected chi connectivity index (χ0v) is 31.8. The minimum absolute atomic E-state index is 0.0499. The van der Waals surface area contributed by atoms with Gasteiger partial charge in [0.2, 0.25) is 0 Å². The average molecular weight is 767 g/mol. The summed E-state index contributed by atoms with van der Waals surface area (Å²) in [6, 6.07) is 0. The Morgan fingerprint density at radius 1 is 0.585 bits per heavy atom. The maximum atomic E-state index is 11.9. The molecular weight excluding hydrogens is 708 g/mol. The van der Waals surface area contributed by atoms with Crippen molar-refractivity contribution in [1.29, 1.82) is 0 Å². The van der Waals surface area contributed by atoms with Crippen LogP contribution in [0.2, 0.25) is 0 Å². The normalized spacial score (nSPS) is 48.2. The van der Waals surface area contributed by atoms with E-state index >= 15 is 0 Å². The Kier molecular flexibility index (Phi) is 14.9. The molecule has 0 spiro atoms. The second-order valence-electron chi connectivity index (χ2n) is 14.5. The fourth-order valence-electron chi connectivity index (χ4n) is 7.81. The van der Waals surface area contributed by atoms with Gasteiger partial charge in [-0.1, -0.05) is 0 Å². The van der Waals surface area contributed by atoms with Crippen molar-refractivity contribution < 1.29 is 86.5 Å². The average Bonchev–Trinajstić information content (AvgIpc) is 3.08. The molecule has 0 aromatic carbocycles. The van der Waals surface area contributed by atoms with Crippen molar-refractivity contribution in [1.82, 2.24) is 0 Å². The van der Waals surface area contributed by atoms with Crippen LogP contribution in [0, 0.1) is 0 Å². The summed E-state index contributed by atoms with van der Waals surface area (Å²) >= 11 is 0. The van der Waals surface area contributed by atoms with Gasteiger partial charge >= 0.3 is 11.9 Å². The van der Waals surface area contributed by atoms with E-state index in [0.717, 1.165) is 0 Å². The summed E-state index contributed by atoms with van der Waals surface area (Å²) in [7, 11) is 4.43. The standard InChI is InChI=1S/C35H58O18/c1-14-28(40)33(43-9)34(49-19(6)36)35(48-14)53-32-18(5)47-27(13-23(32)42-8)51-30-16(3)45-25(10-20(30)37)50-29-15(2)46-26(11-21(29)38)52-31-17(4)44-24(39)12-22(31)41-7/h14-18,20-23,25-35,37-38,40H,10-13H2,1-9H3/t14-,15+,16+,17+,18+,20+,21+,22+,23+,25-,26-,27-,28-,29+,30+,31+,32+,33+,34-,35+/m0/s1. The van der Waals surface area contributed by atoms with Crippen LogP contribution in [0.25, 0.3) is 0 Å². The predicted molar refractivity (Wildman–Crippen MR) is 177 cm³/mol. The molecule has 0 aliphatic carbocycles. The van der Waals surface area contributed by atoms with Gasteiger partial charge < -0.3 is 76.9 Å². The molecule has 0 saturated carbocycles. The molecule has 5 rings (SSSR count). The second kappa shape index (κ2) is 18.5. The fraction of sp³-hybridized carbons (Fsp3) is 0.943. The maximum absolute atomic E-state index is 11.9. The molecule has 306 valence electrons. The molecule has 53 heavy (non-hydrogen) atoms. The van der Waals surface area contributed by atoms with E-state index in [1.807, 2.05) is 0 Å². The number of hydrogen-bond acceptors (Lipinski definition) is 18. The summed E-state index contributed by atoms with van der Waals surface area (Å²) in [4.78, 5) is 23.8. The largest absolute Gasteiger partial charge is 0.460 e. The van der Waals surface area contributed by atoms with Crippen LogP contribution in [0.5, 0.6) is 0 Å². The highest BCUT2D eigenvalue weighted by Gasteiger charge is 2.51. The van der Waals surface area contributed by atoms with Crippen LogP contribution in [0.4, 0.5) is 0 Å². The molecule has 5 aliphatic heterocycles. The van der Waals surface area contributed by atoms with Crippen LogP contribution in [0.1, 0.15) is 67.2 Å². The maximum Gasteiger partial charge on any atom is 0.308 e. The van der Waals surface area contributed by atoms with E-state index in [1.54, 1.807) is 34.6 Å². The van der Waals surface area contributed by atoms with Gasteiger partial charge in [0.25, 0.3) is 0 Å². The quantitative estimate of drug-likeness (QED) is 0.224. The number of rotatable bonds is 12. The van der Waals surface area contributed by atoms with Gasteiger partial charge in [-0.2, -0.15) is 0 Å². The zero-order valence-electron chi connectivity index (χ0n) is 31.8. The lowest BCUT2D eigenvalue weighted by Gasteiger charge is -2.47. The molecule has 5 saturated heterocycles. The predicted octanol–water partition coefficient (Wildman–Crippen LogP) is 0.0715. The van der Waals surface area contributed by atoms with Crippen LogP contribution >= 0.6 is 0 Å². The molecule has 18 nitrogen and oxygen atoms in total. The third-order valence-corrected chi connectivity index (χ3v) is 10.6. The summed E-state index contributed by atoms with van der Waals surface area (Å²) in [5.74, 6) is -0.958. The number of ether oxygens (including phenoxy) is 13. The molecular formula is C35H58O18. The van der Waals surface area contributed by atoms with Gasteiger partial charge in [-0.15, -0.1) is 0 Å². The third-order valence-electron chi connectivity index (χ3n) is 10.6. The molecule has 5 heterocycles. The summed E-state index contributed by atoms with van der Waals surface area (Å²) in [6.45, 7) is 9.90. The lowest BCUT2D eigenvalue weighted by Crippen LogP contribution is -2.62. The van der Waals surface area contributed by atoms with Crippen LogP contribution in [0.3, 0.4) is 0 Å². The molecule has 3 N–H and O–H groups in total. The van der Waals surface area contributed by atoms with Gasteiger partial charge in [-0.05, 0) is 34.6 Å². The summed E-state index contributed by atoms with van der Waals surface area (Å²) in [5, 5.41) is 32.9.